The second-order valence-corrected chi connectivity index (χ2v) is 4.87. The quantitative estimate of drug-likeness (QED) is 0.926. The molecule has 4 nitrogen and oxygen atoms in total. The minimum Gasteiger partial charge on any atom is -0.493 e. The zero-order valence-electron chi connectivity index (χ0n) is 11.3. The number of ether oxygens (including phenoxy) is 1. The Kier molecular flexibility index (Phi) is 3.36. The molecule has 1 N–H and O–H groups in total. The highest BCUT2D eigenvalue weighted by atomic mass is 19.4. The van der Waals surface area contributed by atoms with Crippen molar-refractivity contribution in [3.05, 3.63) is 36.2 Å². The number of fused-ring (bicyclic) bond motifs is 1. The van der Waals surface area contributed by atoms with E-state index in [4.69, 9.17) is 4.74 Å². The first-order valence-electron chi connectivity index (χ1n) is 6.55. The topological polar surface area (TPSA) is 39.1 Å². The van der Waals surface area contributed by atoms with Crippen LogP contribution in [0.4, 0.5) is 13.2 Å². The monoisotopic (exact) mass is 297 g/mol. The van der Waals surface area contributed by atoms with Gasteiger partial charge < -0.3 is 10.1 Å². The normalized spacial score (nSPS) is 18.2. The fraction of sp³-hybridized carbons (Fsp3) is 0.357. The van der Waals surface area contributed by atoms with Gasteiger partial charge in [-0.1, -0.05) is 12.1 Å². The van der Waals surface area contributed by atoms with Gasteiger partial charge in [0, 0.05) is 29.8 Å². The fourth-order valence-corrected chi connectivity index (χ4v) is 2.48. The van der Waals surface area contributed by atoms with Gasteiger partial charge in [-0.15, -0.1) is 13.2 Å². The molecule has 3 rings (SSSR count). The number of nitrogens with one attached hydrogen (secondary N) is 1. The first kappa shape index (κ1) is 13.9. The van der Waals surface area contributed by atoms with Gasteiger partial charge >= 0.3 is 6.30 Å². The van der Waals surface area contributed by atoms with Crippen molar-refractivity contribution in [1.29, 1.82) is 0 Å². The largest absolute Gasteiger partial charge is 0.504 e. The van der Waals surface area contributed by atoms with E-state index < -0.39 is 6.30 Å². The van der Waals surface area contributed by atoms with Gasteiger partial charge in [-0.05, 0) is 18.7 Å². The van der Waals surface area contributed by atoms with Gasteiger partial charge in [0.2, 0.25) is 0 Å². The molecule has 1 aromatic carbocycles. The summed E-state index contributed by atoms with van der Waals surface area (Å²) >= 11 is 0. The van der Waals surface area contributed by atoms with Crippen LogP contribution in [0.15, 0.2) is 30.6 Å². The summed E-state index contributed by atoms with van der Waals surface area (Å²) in [6.45, 7) is 0.587. The van der Waals surface area contributed by atoms with E-state index in [0.717, 1.165) is 18.2 Å². The van der Waals surface area contributed by atoms with Crippen LogP contribution >= 0.6 is 0 Å². The number of hydrogen-bond donors (Lipinski definition) is 1. The second kappa shape index (κ2) is 5.07. The van der Waals surface area contributed by atoms with Crippen molar-refractivity contribution in [2.45, 2.75) is 18.8 Å². The van der Waals surface area contributed by atoms with Gasteiger partial charge in [0.05, 0.1) is 12.8 Å². The standard InChI is InChI=1S/C14H14F3N3O/c1-18-12-4-5-21-13-6-9(2-3-11(12)13)10-7-19-20(8-10)14(15,16)17/h2-3,6-8,12,18H,4-5H2,1H3/t12-/m1/s1. The Balaban J connectivity index is 1.95. The SMILES string of the molecule is CN[C@@H]1CCOc2cc(-c3cnn(C(F)(F)F)c3)ccc21. The molecule has 2 heterocycles. The maximum atomic E-state index is 12.6. The summed E-state index contributed by atoms with van der Waals surface area (Å²) in [5, 5.41) is 6.54. The lowest BCUT2D eigenvalue weighted by atomic mass is 9.97. The van der Waals surface area contributed by atoms with Crippen molar-refractivity contribution in [3.63, 3.8) is 0 Å². The molecule has 0 bridgehead atoms. The van der Waals surface area contributed by atoms with E-state index in [1.54, 1.807) is 12.1 Å². The minimum atomic E-state index is -4.50. The van der Waals surface area contributed by atoms with Crippen LogP contribution in [0, 0.1) is 0 Å². The number of benzene rings is 1. The Labute approximate surface area is 119 Å². The molecule has 0 saturated carbocycles. The van der Waals surface area contributed by atoms with Crippen molar-refractivity contribution >= 4 is 0 Å². The van der Waals surface area contributed by atoms with E-state index in [1.165, 1.54) is 6.20 Å². The van der Waals surface area contributed by atoms with Crippen molar-refractivity contribution in [1.82, 2.24) is 15.1 Å². The molecule has 0 fully saturated rings. The molecule has 0 spiro atoms. The molecule has 0 saturated heterocycles. The zero-order valence-corrected chi connectivity index (χ0v) is 11.3. The maximum Gasteiger partial charge on any atom is 0.504 e. The Morgan fingerprint density at radius 2 is 2.14 bits per heavy atom. The van der Waals surface area contributed by atoms with E-state index in [9.17, 15) is 13.2 Å². The lowest BCUT2D eigenvalue weighted by molar-refractivity contribution is -0.212. The molecule has 1 aliphatic heterocycles. The summed E-state index contributed by atoms with van der Waals surface area (Å²) < 4.78 is 43.3. The lowest BCUT2D eigenvalue weighted by Gasteiger charge is -2.25. The van der Waals surface area contributed by atoms with Gasteiger partial charge in [0.15, 0.2) is 0 Å². The third-order valence-corrected chi connectivity index (χ3v) is 3.58. The predicted octanol–water partition coefficient (Wildman–Crippen LogP) is 3.07. The molecule has 7 heteroatoms. The third kappa shape index (κ3) is 2.61. The maximum absolute atomic E-state index is 12.6. The van der Waals surface area contributed by atoms with Crippen molar-refractivity contribution in [2.75, 3.05) is 13.7 Å². The molecule has 0 amide bonds. The van der Waals surface area contributed by atoms with E-state index >= 15 is 0 Å². The molecule has 1 aromatic heterocycles. The number of hydrogen-bond acceptors (Lipinski definition) is 3. The van der Waals surface area contributed by atoms with Crippen LogP contribution in [0.25, 0.3) is 11.1 Å². The molecular formula is C14H14F3N3O. The summed E-state index contributed by atoms with van der Waals surface area (Å²) in [6.07, 6.45) is -1.46. The van der Waals surface area contributed by atoms with Gasteiger partial charge in [-0.3, -0.25) is 0 Å². The van der Waals surface area contributed by atoms with Gasteiger partial charge in [0.25, 0.3) is 0 Å². The average molecular weight is 297 g/mol. The predicted molar refractivity (Wildman–Crippen MR) is 70.9 cm³/mol. The van der Waals surface area contributed by atoms with Crippen LogP contribution in [0.1, 0.15) is 18.0 Å². The van der Waals surface area contributed by atoms with Crippen LogP contribution in [0.2, 0.25) is 0 Å². The van der Waals surface area contributed by atoms with Gasteiger partial charge in [-0.25, -0.2) is 0 Å². The molecule has 112 valence electrons. The minimum absolute atomic E-state index is 0.000951. The Morgan fingerprint density at radius 3 is 2.81 bits per heavy atom. The van der Waals surface area contributed by atoms with Crippen molar-refractivity contribution in [2.24, 2.45) is 0 Å². The highest BCUT2D eigenvalue weighted by Crippen LogP contribution is 2.35. The molecule has 0 aliphatic carbocycles. The molecule has 0 radical (unpaired) electrons. The van der Waals surface area contributed by atoms with Crippen molar-refractivity contribution in [3.8, 4) is 16.9 Å². The van der Waals surface area contributed by atoms with Crippen LogP contribution in [0.3, 0.4) is 0 Å². The molecule has 1 aliphatic rings. The number of rotatable bonds is 2. The van der Waals surface area contributed by atoms with E-state index in [-0.39, 0.29) is 10.7 Å². The first-order chi connectivity index (χ1) is 9.99. The number of alkyl halides is 3. The zero-order chi connectivity index (χ0) is 15.0. The second-order valence-electron chi connectivity index (χ2n) is 4.87. The lowest BCUT2D eigenvalue weighted by Crippen LogP contribution is -2.23. The van der Waals surface area contributed by atoms with Gasteiger partial charge in [0.1, 0.15) is 5.75 Å². The number of aromatic nitrogens is 2. The van der Waals surface area contributed by atoms with Crippen LogP contribution < -0.4 is 10.1 Å². The highest BCUT2D eigenvalue weighted by molar-refractivity contribution is 5.65. The Bertz CT molecular complexity index is 651. The first-order valence-corrected chi connectivity index (χ1v) is 6.55. The summed E-state index contributed by atoms with van der Waals surface area (Å²) in [6, 6.07) is 5.64. The van der Waals surface area contributed by atoms with Crippen LogP contribution in [-0.2, 0) is 6.30 Å². The summed E-state index contributed by atoms with van der Waals surface area (Å²) in [5.74, 6) is 0.706. The fourth-order valence-electron chi connectivity index (χ4n) is 2.48. The summed E-state index contributed by atoms with van der Waals surface area (Å²) in [5.41, 5.74) is 2.09. The van der Waals surface area contributed by atoms with Crippen molar-refractivity contribution < 1.29 is 17.9 Å². The van der Waals surface area contributed by atoms with E-state index in [0.29, 0.717) is 23.5 Å². The summed E-state index contributed by atoms with van der Waals surface area (Å²) in [7, 11) is 1.88. The van der Waals surface area contributed by atoms with E-state index in [2.05, 4.69) is 10.4 Å². The average Bonchev–Trinajstić information content (AvgIpc) is 2.96. The molecule has 2 aromatic rings. The molecule has 21 heavy (non-hydrogen) atoms. The number of halogens is 3. The molecule has 0 unspecified atom stereocenters. The summed E-state index contributed by atoms with van der Waals surface area (Å²) in [4.78, 5) is 0. The molecular weight excluding hydrogens is 283 g/mol. The van der Waals surface area contributed by atoms with Crippen LogP contribution in [0.5, 0.6) is 5.75 Å². The number of nitrogens with zero attached hydrogens (tertiary/aromatic N) is 2. The Morgan fingerprint density at radius 1 is 1.33 bits per heavy atom. The van der Waals surface area contributed by atoms with Gasteiger partial charge in [-0.2, -0.15) is 9.78 Å². The third-order valence-electron chi connectivity index (χ3n) is 3.58. The smallest absolute Gasteiger partial charge is 0.493 e. The highest BCUT2D eigenvalue weighted by Gasteiger charge is 2.31. The van der Waals surface area contributed by atoms with Crippen LogP contribution in [-0.4, -0.2) is 23.4 Å². The van der Waals surface area contributed by atoms with E-state index in [1.807, 2.05) is 13.1 Å². The molecule has 1 atom stereocenters. The Hall–Kier alpha value is -2.02.